The van der Waals surface area contributed by atoms with Crippen molar-refractivity contribution < 1.29 is 23.7 Å². The van der Waals surface area contributed by atoms with E-state index < -0.39 is 0 Å². The van der Waals surface area contributed by atoms with Gasteiger partial charge in [-0.15, -0.1) is 0 Å². The first-order chi connectivity index (χ1) is 8.83. The van der Waals surface area contributed by atoms with Crippen molar-refractivity contribution in [1.29, 1.82) is 0 Å². The zero-order valence-electron chi connectivity index (χ0n) is 9.42. The lowest BCUT2D eigenvalue weighted by Crippen LogP contribution is -2.22. The highest BCUT2D eigenvalue weighted by molar-refractivity contribution is 5.78. The molecule has 1 aromatic carbocycles. The summed E-state index contributed by atoms with van der Waals surface area (Å²) >= 11 is 0. The number of ether oxygens (including phenoxy) is 4. The van der Waals surface area contributed by atoms with E-state index in [1.54, 1.807) is 0 Å². The standard InChI is InChI=1S/C13H10O5/c14-13-10-7(3-15-13)11-5-1-8-9(17-4-16-8)2-6(5)12(10)18-11/h1-2,7,10-12H,3-4H2/t7-,10+,11-,12+/m0/s1. The van der Waals surface area contributed by atoms with Crippen molar-refractivity contribution in [2.24, 2.45) is 11.8 Å². The maximum absolute atomic E-state index is 11.7. The minimum absolute atomic E-state index is 0.0315. The molecule has 2 fully saturated rings. The van der Waals surface area contributed by atoms with Crippen LogP contribution in [0.15, 0.2) is 12.1 Å². The third kappa shape index (κ3) is 0.882. The SMILES string of the molecule is O=C1OC[C@H]2[C@@H]1[C@@H]1O[C@H]2c2cc3c(cc21)OCO3. The van der Waals surface area contributed by atoms with Crippen LogP contribution in [0.2, 0.25) is 0 Å². The van der Waals surface area contributed by atoms with Crippen LogP contribution in [0.25, 0.3) is 0 Å². The predicted molar refractivity (Wildman–Crippen MR) is 57.1 cm³/mol. The largest absolute Gasteiger partial charge is 0.465 e. The van der Waals surface area contributed by atoms with E-state index in [2.05, 4.69) is 0 Å². The highest BCUT2D eigenvalue weighted by atomic mass is 16.7. The Morgan fingerprint density at radius 2 is 1.72 bits per heavy atom. The second-order valence-corrected chi connectivity index (χ2v) is 5.13. The van der Waals surface area contributed by atoms with E-state index in [1.807, 2.05) is 12.1 Å². The zero-order valence-corrected chi connectivity index (χ0v) is 9.42. The van der Waals surface area contributed by atoms with Gasteiger partial charge in [-0.1, -0.05) is 0 Å². The molecule has 0 unspecified atom stereocenters. The second-order valence-electron chi connectivity index (χ2n) is 5.13. The molecule has 0 aliphatic carbocycles. The predicted octanol–water partition coefficient (Wildman–Crippen LogP) is 1.33. The van der Waals surface area contributed by atoms with Crippen molar-refractivity contribution >= 4 is 5.97 Å². The Hall–Kier alpha value is -1.75. The zero-order chi connectivity index (χ0) is 11.9. The summed E-state index contributed by atoms with van der Waals surface area (Å²) in [7, 11) is 0. The minimum Gasteiger partial charge on any atom is -0.465 e. The van der Waals surface area contributed by atoms with Gasteiger partial charge in [0.1, 0.15) is 0 Å². The molecule has 92 valence electrons. The fourth-order valence-electron chi connectivity index (χ4n) is 3.56. The summed E-state index contributed by atoms with van der Waals surface area (Å²) in [6.07, 6.45) is -0.199. The smallest absolute Gasteiger partial charge is 0.312 e. The Labute approximate surface area is 103 Å². The van der Waals surface area contributed by atoms with E-state index in [0.717, 1.165) is 22.6 Å². The van der Waals surface area contributed by atoms with Gasteiger partial charge in [0.2, 0.25) is 6.79 Å². The van der Waals surface area contributed by atoms with Crippen molar-refractivity contribution in [3.63, 3.8) is 0 Å². The van der Waals surface area contributed by atoms with Crippen LogP contribution in [-0.2, 0) is 14.3 Å². The Bertz CT molecular complexity index is 581. The minimum atomic E-state index is -0.167. The van der Waals surface area contributed by atoms with Gasteiger partial charge in [-0.05, 0) is 23.3 Å². The molecule has 4 atom stereocenters. The number of esters is 1. The first-order valence-electron chi connectivity index (χ1n) is 6.08. The molecule has 2 saturated heterocycles. The molecular weight excluding hydrogens is 236 g/mol. The molecule has 5 heteroatoms. The van der Waals surface area contributed by atoms with E-state index >= 15 is 0 Å². The van der Waals surface area contributed by atoms with E-state index in [-0.39, 0.29) is 36.8 Å². The quantitative estimate of drug-likeness (QED) is 0.646. The molecule has 4 heterocycles. The number of carbonyl (C=O) groups excluding carboxylic acids is 1. The van der Waals surface area contributed by atoms with Crippen LogP contribution >= 0.6 is 0 Å². The van der Waals surface area contributed by atoms with Gasteiger partial charge in [-0.25, -0.2) is 0 Å². The van der Waals surface area contributed by atoms with Crippen molar-refractivity contribution in [1.82, 2.24) is 0 Å². The summed E-state index contributed by atoms with van der Waals surface area (Å²) in [6, 6.07) is 3.94. The molecule has 4 aliphatic heterocycles. The molecule has 4 aliphatic rings. The van der Waals surface area contributed by atoms with Crippen molar-refractivity contribution in [2.45, 2.75) is 12.2 Å². The molecule has 1 aromatic rings. The molecule has 0 radical (unpaired) electrons. The summed E-state index contributed by atoms with van der Waals surface area (Å²) < 4.78 is 21.9. The van der Waals surface area contributed by atoms with Gasteiger partial charge in [0, 0.05) is 5.92 Å². The Morgan fingerprint density at radius 1 is 1.00 bits per heavy atom. The molecule has 0 spiro atoms. The summed E-state index contributed by atoms with van der Waals surface area (Å²) in [5.41, 5.74) is 2.19. The van der Waals surface area contributed by atoms with Crippen LogP contribution in [0.3, 0.4) is 0 Å². The topological polar surface area (TPSA) is 54.0 Å². The second kappa shape index (κ2) is 2.80. The highest BCUT2D eigenvalue weighted by Crippen LogP contribution is 2.61. The van der Waals surface area contributed by atoms with Gasteiger partial charge in [-0.2, -0.15) is 0 Å². The fourth-order valence-corrected chi connectivity index (χ4v) is 3.56. The molecule has 0 amide bonds. The van der Waals surface area contributed by atoms with E-state index in [9.17, 15) is 4.79 Å². The Kier molecular flexibility index (Phi) is 1.43. The monoisotopic (exact) mass is 246 g/mol. The lowest BCUT2D eigenvalue weighted by atomic mass is 9.77. The fraction of sp³-hybridized carbons (Fsp3) is 0.462. The van der Waals surface area contributed by atoms with Gasteiger partial charge in [0.25, 0.3) is 0 Å². The summed E-state index contributed by atoms with van der Waals surface area (Å²) in [4.78, 5) is 11.7. The average molecular weight is 246 g/mol. The van der Waals surface area contributed by atoms with Gasteiger partial charge in [0.15, 0.2) is 11.5 Å². The molecule has 18 heavy (non-hydrogen) atoms. The summed E-state index contributed by atoms with van der Waals surface area (Å²) in [5, 5.41) is 0. The van der Waals surface area contributed by atoms with Crippen LogP contribution in [0, 0.1) is 11.8 Å². The number of hydrogen-bond acceptors (Lipinski definition) is 5. The maximum Gasteiger partial charge on any atom is 0.312 e. The molecule has 5 rings (SSSR count). The van der Waals surface area contributed by atoms with Gasteiger partial charge in [-0.3, -0.25) is 4.79 Å². The normalized spacial score (nSPS) is 37.7. The van der Waals surface area contributed by atoms with Gasteiger partial charge in [0.05, 0.1) is 24.7 Å². The highest BCUT2D eigenvalue weighted by Gasteiger charge is 2.59. The van der Waals surface area contributed by atoms with E-state index in [0.29, 0.717) is 6.61 Å². The molecule has 2 bridgehead atoms. The van der Waals surface area contributed by atoms with E-state index in [4.69, 9.17) is 18.9 Å². The molecule has 0 saturated carbocycles. The average Bonchev–Trinajstić information content (AvgIpc) is 3.07. The number of fused-ring (bicyclic) bond motifs is 9. The van der Waals surface area contributed by atoms with Crippen LogP contribution < -0.4 is 9.47 Å². The van der Waals surface area contributed by atoms with Crippen LogP contribution in [0.5, 0.6) is 11.5 Å². The van der Waals surface area contributed by atoms with Crippen molar-refractivity contribution in [2.75, 3.05) is 13.4 Å². The third-order valence-electron chi connectivity index (χ3n) is 4.35. The molecular formula is C13H10O5. The first-order valence-corrected chi connectivity index (χ1v) is 6.08. The number of benzene rings is 1. The molecule has 0 aromatic heterocycles. The molecule has 5 nitrogen and oxygen atoms in total. The number of cyclic esters (lactones) is 1. The van der Waals surface area contributed by atoms with Crippen LogP contribution in [-0.4, -0.2) is 19.4 Å². The van der Waals surface area contributed by atoms with Gasteiger partial charge < -0.3 is 18.9 Å². The van der Waals surface area contributed by atoms with Gasteiger partial charge >= 0.3 is 5.97 Å². The lowest BCUT2D eigenvalue weighted by Gasteiger charge is -2.20. The maximum atomic E-state index is 11.7. The molecule has 0 N–H and O–H groups in total. The third-order valence-corrected chi connectivity index (χ3v) is 4.35. The van der Waals surface area contributed by atoms with Crippen molar-refractivity contribution in [3.8, 4) is 11.5 Å². The first kappa shape index (κ1) is 9.22. The Morgan fingerprint density at radius 3 is 2.50 bits per heavy atom. The van der Waals surface area contributed by atoms with Crippen LogP contribution in [0.4, 0.5) is 0 Å². The van der Waals surface area contributed by atoms with E-state index in [1.165, 1.54) is 0 Å². The number of rotatable bonds is 0. The number of hydrogen-bond donors (Lipinski definition) is 0. The summed E-state index contributed by atoms with van der Waals surface area (Å²) in [5.74, 6) is 1.41. The lowest BCUT2D eigenvalue weighted by molar-refractivity contribution is -0.144. The Balaban J connectivity index is 1.70. The number of carbonyl (C=O) groups is 1. The van der Waals surface area contributed by atoms with Crippen molar-refractivity contribution in [3.05, 3.63) is 23.3 Å². The van der Waals surface area contributed by atoms with Crippen LogP contribution in [0.1, 0.15) is 23.3 Å². The summed E-state index contributed by atoms with van der Waals surface area (Å²) in [6.45, 7) is 0.738.